The topological polar surface area (TPSA) is 47.3 Å². The Labute approximate surface area is 97.0 Å². The molecule has 0 radical (unpaired) electrons. The fourth-order valence-electron chi connectivity index (χ4n) is 2.30. The van der Waals surface area contributed by atoms with E-state index in [1.54, 1.807) is 7.11 Å². The second kappa shape index (κ2) is 5.32. The minimum Gasteiger partial charge on any atom is -0.382 e. The maximum Gasteiger partial charge on any atom is 0.0713 e. The smallest absolute Gasteiger partial charge is 0.0713 e. The van der Waals surface area contributed by atoms with Gasteiger partial charge in [0.2, 0.25) is 0 Å². The normalized spacial score (nSPS) is 24.6. The average molecular weight is 220 g/mol. The van der Waals surface area contributed by atoms with E-state index in [-0.39, 0.29) is 0 Å². The predicted molar refractivity (Wildman–Crippen MR) is 66.4 cm³/mol. The fourth-order valence-corrected chi connectivity index (χ4v) is 2.30. The lowest BCUT2D eigenvalue weighted by molar-refractivity contribution is 0.185. The summed E-state index contributed by atoms with van der Waals surface area (Å²) in [5, 5.41) is 3.53. The second-order valence-electron chi connectivity index (χ2n) is 4.55. The molecule has 3 nitrogen and oxygen atoms in total. The van der Waals surface area contributed by atoms with Gasteiger partial charge in [0.1, 0.15) is 0 Å². The first kappa shape index (κ1) is 11.4. The van der Waals surface area contributed by atoms with Crippen molar-refractivity contribution in [2.45, 2.75) is 38.0 Å². The standard InChI is InChI=1S/C13H20N2O/c1-16-9-10-3-2-4-12(7-10)15-13-6-5-11(14)8-13/h2-4,7,11,13,15H,5-6,8-9,14H2,1H3. The van der Waals surface area contributed by atoms with Crippen LogP contribution in [0.5, 0.6) is 0 Å². The number of nitrogens with two attached hydrogens (primary N) is 1. The van der Waals surface area contributed by atoms with Gasteiger partial charge in [-0.05, 0) is 37.0 Å². The van der Waals surface area contributed by atoms with Gasteiger partial charge in [-0.15, -0.1) is 0 Å². The molecule has 16 heavy (non-hydrogen) atoms. The third-order valence-electron chi connectivity index (χ3n) is 3.08. The van der Waals surface area contributed by atoms with Crippen molar-refractivity contribution in [3.63, 3.8) is 0 Å². The molecule has 0 aliphatic heterocycles. The van der Waals surface area contributed by atoms with Crippen LogP contribution in [0.2, 0.25) is 0 Å². The number of rotatable bonds is 4. The van der Waals surface area contributed by atoms with Crippen molar-refractivity contribution >= 4 is 5.69 Å². The highest BCUT2D eigenvalue weighted by molar-refractivity contribution is 5.46. The molecular formula is C13H20N2O. The van der Waals surface area contributed by atoms with Crippen LogP contribution < -0.4 is 11.1 Å². The fraction of sp³-hybridized carbons (Fsp3) is 0.538. The largest absolute Gasteiger partial charge is 0.382 e. The van der Waals surface area contributed by atoms with Crippen LogP contribution in [0.15, 0.2) is 24.3 Å². The summed E-state index contributed by atoms with van der Waals surface area (Å²) < 4.78 is 5.12. The zero-order chi connectivity index (χ0) is 11.4. The highest BCUT2D eigenvalue weighted by atomic mass is 16.5. The second-order valence-corrected chi connectivity index (χ2v) is 4.55. The van der Waals surface area contributed by atoms with Gasteiger partial charge < -0.3 is 15.8 Å². The average Bonchev–Trinajstić information content (AvgIpc) is 2.65. The van der Waals surface area contributed by atoms with Gasteiger partial charge in [-0.3, -0.25) is 0 Å². The number of hydrogen-bond donors (Lipinski definition) is 2. The third-order valence-corrected chi connectivity index (χ3v) is 3.08. The Morgan fingerprint density at radius 1 is 1.44 bits per heavy atom. The zero-order valence-electron chi connectivity index (χ0n) is 9.78. The van der Waals surface area contributed by atoms with Crippen molar-refractivity contribution in [2.24, 2.45) is 5.73 Å². The maximum atomic E-state index is 5.90. The Hall–Kier alpha value is -1.06. The maximum absolute atomic E-state index is 5.90. The van der Waals surface area contributed by atoms with Gasteiger partial charge in [0.05, 0.1) is 6.61 Å². The van der Waals surface area contributed by atoms with Crippen LogP contribution in [-0.4, -0.2) is 19.2 Å². The van der Waals surface area contributed by atoms with E-state index >= 15 is 0 Å². The summed E-state index contributed by atoms with van der Waals surface area (Å²) in [5.41, 5.74) is 8.27. The molecule has 2 rings (SSSR count). The molecule has 0 spiro atoms. The van der Waals surface area contributed by atoms with Crippen molar-refractivity contribution in [1.82, 2.24) is 0 Å². The molecule has 1 aliphatic rings. The van der Waals surface area contributed by atoms with E-state index in [0.29, 0.717) is 18.7 Å². The number of methoxy groups -OCH3 is 1. The molecule has 3 heteroatoms. The molecule has 1 aromatic carbocycles. The molecule has 0 saturated heterocycles. The van der Waals surface area contributed by atoms with Gasteiger partial charge in [-0.1, -0.05) is 12.1 Å². The molecule has 0 bridgehead atoms. The highest BCUT2D eigenvalue weighted by Gasteiger charge is 2.21. The van der Waals surface area contributed by atoms with Gasteiger partial charge in [0.15, 0.2) is 0 Å². The molecule has 1 saturated carbocycles. The Kier molecular flexibility index (Phi) is 3.80. The van der Waals surface area contributed by atoms with Crippen molar-refractivity contribution in [1.29, 1.82) is 0 Å². The molecule has 0 amide bonds. The summed E-state index contributed by atoms with van der Waals surface area (Å²) in [7, 11) is 1.72. The van der Waals surface area contributed by atoms with Gasteiger partial charge >= 0.3 is 0 Å². The van der Waals surface area contributed by atoms with Crippen LogP contribution >= 0.6 is 0 Å². The molecule has 1 aromatic rings. The van der Waals surface area contributed by atoms with E-state index in [1.807, 2.05) is 0 Å². The van der Waals surface area contributed by atoms with Crippen LogP contribution in [0.3, 0.4) is 0 Å². The van der Waals surface area contributed by atoms with Crippen LogP contribution in [0, 0.1) is 0 Å². The molecule has 0 heterocycles. The van der Waals surface area contributed by atoms with Crippen LogP contribution in [-0.2, 0) is 11.3 Å². The molecule has 1 aliphatic carbocycles. The van der Waals surface area contributed by atoms with E-state index in [9.17, 15) is 0 Å². The summed E-state index contributed by atoms with van der Waals surface area (Å²) in [6.07, 6.45) is 3.39. The molecular weight excluding hydrogens is 200 g/mol. The lowest BCUT2D eigenvalue weighted by Gasteiger charge is -2.14. The number of hydrogen-bond acceptors (Lipinski definition) is 3. The van der Waals surface area contributed by atoms with Crippen LogP contribution in [0.4, 0.5) is 5.69 Å². The predicted octanol–water partition coefficient (Wildman–Crippen LogP) is 2.12. The number of nitrogens with one attached hydrogen (secondary N) is 1. The van der Waals surface area contributed by atoms with E-state index in [0.717, 1.165) is 12.8 Å². The number of anilines is 1. The molecule has 0 aromatic heterocycles. The third kappa shape index (κ3) is 2.97. The first-order chi connectivity index (χ1) is 7.78. The highest BCUT2D eigenvalue weighted by Crippen LogP contribution is 2.22. The van der Waals surface area contributed by atoms with Gasteiger partial charge in [-0.25, -0.2) is 0 Å². The Balaban J connectivity index is 1.95. The van der Waals surface area contributed by atoms with E-state index in [4.69, 9.17) is 10.5 Å². The minimum absolute atomic E-state index is 0.375. The van der Waals surface area contributed by atoms with E-state index < -0.39 is 0 Å². The minimum atomic E-state index is 0.375. The quantitative estimate of drug-likeness (QED) is 0.817. The van der Waals surface area contributed by atoms with Crippen molar-refractivity contribution in [2.75, 3.05) is 12.4 Å². The summed E-state index contributed by atoms with van der Waals surface area (Å²) in [5.74, 6) is 0. The molecule has 2 unspecified atom stereocenters. The lowest BCUT2D eigenvalue weighted by Crippen LogP contribution is -2.20. The molecule has 1 fully saturated rings. The van der Waals surface area contributed by atoms with Crippen LogP contribution in [0.1, 0.15) is 24.8 Å². The summed E-state index contributed by atoms with van der Waals surface area (Å²) in [6.45, 7) is 0.666. The lowest BCUT2D eigenvalue weighted by atomic mass is 10.2. The Morgan fingerprint density at radius 2 is 2.31 bits per heavy atom. The zero-order valence-corrected chi connectivity index (χ0v) is 9.78. The van der Waals surface area contributed by atoms with Gasteiger partial charge in [0, 0.05) is 24.9 Å². The van der Waals surface area contributed by atoms with Gasteiger partial charge in [-0.2, -0.15) is 0 Å². The molecule has 88 valence electrons. The number of ether oxygens (including phenoxy) is 1. The molecule has 2 atom stereocenters. The van der Waals surface area contributed by atoms with Crippen molar-refractivity contribution in [3.8, 4) is 0 Å². The summed E-state index contributed by atoms with van der Waals surface area (Å²) in [6, 6.07) is 9.30. The van der Waals surface area contributed by atoms with E-state index in [2.05, 4.69) is 29.6 Å². The first-order valence-corrected chi connectivity index (χ1v) is 5.88. The monoisotopic (exact) mass is 220 g/mol. The van der Waals surface area contributed by atoms with Crippen molar-refractivity contribution in [3.05, 3.63) is 29.8 Å². The summed E-state index contributed by atoms with van der Waals surface area (Å²) >= 11 is 0. The SMILES string of the molecule is COCc1cccc(NC2CCC(N)C2)c1. The van der Waals surface area contributed by atoms with Crippen LogP contribution in [0.25, 0.3) is 0 Å². The summed E-state index contributed by atoms with van der Waals surface area (Å²) in [4.78, 5) is 0. The Morgan fingerprint density at radius 3 is 3.00 bits per heavy atom. The first-order valence-electron chi connectivity index (χ1n) is 5.88. The van der Waals surface area contributed by atoms with Crippen molar-refractivity contribution < 1.29 is 4.74 Å². The molecule has 3 N–H and O–H groups in total. The Bertz CT molecular complexity index is 340. The number of benzene rings is 1. The van der Waals surface area contributed by atoms with E-state index in [1.165, 1.54) is 17.7 Å². The van der Waals surface area contributed by atoms with Gasteiger partial charge in [0.25, 0.3) is 0 Å².